The van der Waals surface area contributed by atoms with Gasteiger partial charge in [-0.1, -0.05) is 0 Å². The highest BCUT2D eigenvalue weighted by molar-refractivity contribution is 4.74. The summed E-state index contributed by atoms with van der Waals surface area (Å²) in [6.45, 7) is 1.96. The third kappa shape index (κ3) is 1.18. The van der Waals surface area contributed by atoms with E-state index in [2.05, 4.69) is 5.32 Å². The molecule has 1 atom stereocenters. The van der Waals surface area contributed by atoms with Crippen molar-refractivity contribution in [2.45, 2.75) is 12.5 Å². The Balaban J connectivity index is 2.24. The number of hydrogen-bond acceptors (Lipinski definition) is 3. The average molecular weight is 116 g/mol. The van der Waals surface area contributed by atoms with E-state index in [0.717, 1.165) is 19.5 Å². The van der Waals surface area contributed by atoms with Crippen molar-refractivity contribution in [3.8, 4) is 0 Å². The molecule has 1 fully saturated rings. The molecule has 8 heavy (non-hydrogen) atoms. The first-order valence-electron chi connectivity index (χ1n) is 2.93. The highest BCUT2D eigenvalue weighted by Crippen LogP contribution is 2.01. The van der Waals surface area contributed by atoms with Crippen molar-refractivity contribution in [1.29, 1.82) is 0 Å². The van der Waals surface area contributed by atoms with Crippen LogP contribution in [-0.4, -0.2) is 36.4 Å². The van der Waals surface area contributed by atoms with Gasteiger partial charge in [0.05, 0.1) is 0 Å². The van der Waals surface area contributed by atoms with Crippen LogP contribution in [0.25, 0.3) is 0 Å². The molecule has 0 radical (unpaired) electrons. The second-order valence-electron chi connectivity index (χ2n) is 2.22. The molecule has 1 heterocycles. The standard InChI is InChI=1S/C5H12N2O/c1-7(8)5-2-3-6-4-5/h5-6,8H,2-4H2,1H3. The minimum absolute atomic E-state index is 0.343. The minimum atomic E-state index is 0.343. The molecule has 3 nitrogen and oxygen atoms in total. The van der Waals surface area contributed by atoms with Crippen molar-refractivity contribution in [1.82, 2.24) is 10.4 Å². The van der Waals surface area contributed by atoms with Crippen molar-refractivity contribution in [3.63, 3.8) is 0 Å². The number of likely N-dealkylation sites (N-methyl/N-ethyl adjacent to an activating group) is 1. The Morgan fingerprint density at radius 3 is 2.75 bits per heavy atom. The zero-order valence-electron chi connectivity index (χ0n) is 5.09. The average Bonchev–Trinajstić information content (AvgIpc) is 2.12. The summed E-state index contributed by atoms with van der Waals surface area (Å²) in [5.41, 5.74) is 0. The van der Waals surface area contributed by atoms with Gasteiger partial charge in [-0.3, -0.25) is 0 Å². The van der Waals surface area contributed by atoms with Crippen molar-refractivity contribution < 1.29 is 5.21 Å². The van der Waals surface area contributed by atoms with E-state index in [-0.39, 0.29) is 0 Å². The molecule has 48 valence electrons. The molecule has 0 aromatic carbocycles. The van der Waals surface area contributed by atoms with Crippen LogP contribution in [-0.2, 0) is 0 Å². The molecule has 0 aliphatic carbocycles. The molecule has 0 aromatic rings. The van der Waals surface area contributed by atoms with Crippen LogP contribution >= 0.6 is 0 Å². The monoisotopic (exact) mass is 116 g/mol. The maximum Gasteiger partial charge on any atom is 0.0483 e. The second kappa shape index (κ2) is 2.44. The summed E-state index contributed by atoms with van der Waals surface area (Å²) < 4.78 is 0. The van der Waals surface area contributed by atoms with Crippen LogP contribution < -0.4 is 5.32 Å². The lowest BCUT2D eigenvalue weighted by molar-refractivity contribution is -0.0958. The van der Waals surface area contributed by atoms with E-state index in [9.17, 15) is 0 Å². The topological polar surface area (TPSA) is 35.5 Å². The summed E-state index contributed by atoms with van der Waals surface area (Å²) in [6.07, 6.45) is 1.06. The molecular formula is C5H12N2O. The molecule has 0 aromatic heterocycles. The summed E-state index contributed by atoms with van der Waals surface area (Å²) in [5.74, 6) is 0. The van der Waals surface area contributed by atoms with Crippen LogP contribution in [0.5, 0.6) is 0 Å². The van der Waals surface area contributed by atoms with E-state index in [4.69, 9.17) is 5.21 Å². The lowest BCUT2D eigenvalue weighted by atomic mass is 10.3. The third-order valence-corrected chi connectivity index (χ3v) is 1.56. The maximum atomic E-state index is 8.85. The van der Waals surface area contributed by atoms with Crippen LogP contribution in [0.15, 0.2) is 0 Å². The maximum absolute atomic E-state index is 8.85. The van der Waals surface area contributed by atoms with Crippen LogP contribution in [0.2, 0.25) is 0 Å². The van der Waals surface area contributed by atoms with Gasteiger partial charge < -0.3 is 10.5 Å². The summed E-state index contributed by atoms with van der Waals surface area (Å²) in [4.78, 5) is 0. The van der Waals surface area contributed by atoms with Crippen molar-refractivity contribution in [3.05, 3.63) is 0 Å². The predicted molar refractivity (Wildman–Crippen MR) is 30.8 cm³/mol. The second-order valence-corrected chi connectivity index (χ2v) is 2.22. The number of rotatable bonds is 1. The SMILES string of the molecule is CN(O)C1CCNC1. The largest absolute Gasteiger partial charge is 0.315 e. The van der Waals surface area contributed by atoms with Crippen molar-refractivity contribution >= 4 is 0 Å². The number of nitrogens with one attached hydrogen (secondary N) is 1. The van der Waals surface area contributed by atoms with Gasteiger partial charge in [0.2, 0.25) is 0 Å². The lowest BCUT2D eigenvalue weighted by Crippen LogP contribution is -2.30. The smallest absolute Gasteiger partial charge is 0.0483 e. The zero-order chi connectivity index (χ0) is 5.98. The zero-order valence-corrected chi connectivity index (χ0v) is 5.09. The van der Waals surface area contributed by atoms with Gasteiger partial charge >= 0.3 is 0 Å². The van der Waals surface area contributed by atoms with Gasteiger partial charge in [-0.05, 0) is 13.0 Å². The van der Waals surface area contributed by atoms with Gasteiger partial charge in [0.15, 0.2) is 0 Å². The molecule has 0 bridgehead atoms. The quantitative estimate of drug-likeness (QED) is 0.460. The van der Waals surface area contributed by atoms with E-state index in [1.165, 1.54) is 5.06 Å². The van der Waals surface area contributed by atoms with Crippen molar-refractivity contribution in [2.75, 3.05) is 20.1 Å². The highest BCUT2D eigenvalue weighted by atomic mass is 16.5. The summed E-state index contributed by atoms with van der Waals surface area (Å²) in [5, 5.41) is 13.3. The summed E-state index contributed by atoms with van der Waals surface area (Å²) in [6, 6.07) is 0.343. The first-order chi connectivity index (χ1) is 3.80. The van der Waals surface area contributed by atoms with Gasteiger partial charge in [0.25, 0.3) is 0 Å². The first kappa shape index (κ1) is 6.01. The van der Waals surface area contributed by atoms with Crippen LogP contribution in [0, 0.1) is 0 Å². The molecule has 1 saturated heterocycles. The van der Waals surface area contributed by atoms with Gasteiger partial charge in [-0.2, -0.15) is 5.06 Å². The summed E-state index contributed by atoms with van der Waals surface area (Å²) in [7, 11) is 1.69. The Kier molecular flexibility index (Phi) is 1.83. The molecule has 1 aliphatic rings. The predicted octanol–water partition coefficient (Wildman–Crippen LogP) is -0.331. The van der Waals surface area contributed by atoms with Crippen LogP contribution in [0.1, 0.15) is 6.42 Å². The third-order valence-electron chi connectivity index (χ3n) is 1.56. The number of hydroxylamine groups is 2. The molecule has 1 unspecified atom stereocenters. The van der Waals surface area contributed by atoms with E-state index in [1.807, 2.05) is 0 Å². The Morgan fingerprint density at radius 1 is 1.75 bits per heavy atom. The molecule has 3 heteroatoms. The Hall–Kier alpha value is -0.120. The lowest BCUT2D eigenvalue weighted by Gasteiger charge is -2.14. The normalized spacial score (nSPS) is 29.6. The molecule has 1 rings (SSSR count). The van der Waals surface area contributed by atoms with Gasteiger partial charge in [0.1, 0.15) is 0 Å². The van der Waals surface area contributed by atoms with Crippen molar-refractivity contribution in [2.24, 2.45) is 0 Å². The molecule has 0 spiro atoms. The Bertz CT molecular complexity index is 68.8. The van der Waals surface area contributed by atoms with Gasteiger partial charge in [-0.25, -0.2) is 0 Å². The molecule has 1 aliphatic heterocycles. The van der Waals surface area contributed by atoms with Crippen LogP contribution in [0.4, 0.5) is 0 Å². The molecular weight excluding hydrogens is 104 g/mol. The van der Waals surface area contributed by atoms with E-state index >= 15 is 0 Å². The number of nitrogens with zero attached hydrogens (tertiary/aromatic N) is 1. The van der Waals surface area contributed by atoms with E-state index in [0.29, 0.717) is 6.04 Å². The van der Waals surface area contributed by atoms with E-state index in [1.54, 1.807) is 7.05 Å². The minimum Gasteiger partial charge on any atom is -0.315 e. The first-order valence-corrected chi connectivity index (χ1v) is 2.93. The fourth-order valence-corrected chi connectivity index (χ4v) is 0.958. The van der Waals surface area contributed by atoms with Crippen LogP contribution in [0.3, 0.4) is 0 Å². The molecule has 0 amide bonds. The summed E-state index contributed by atoms with van der Waals surface area (Å²) >= 11 is 0. The Morgan fingerprint density at radius 2 is 2.50 bits per heavy atom. The van der Waals surface area contributed by atoms with Gasteiger partial charge in [0, 0.05) is 19.6 Å². The molecule has 0 saturated carbocycles. The fraction of sp³-hybridized carbons (Fsp3) is 1.00. The van der Waals surface area contributed by atoms with E-state index < -0.39 is 0 Å². The number of hydrogen-bond donors (Lipinski definition) is 2. The highest BCUT2D eigenvalue weighted by Gasteiger charge is 2.16. The Labute approximate surface area is 49.3 Å². The fourth-order valence-electron chi connectivity index (χ4n) is 0.958. The molecule has 2 N–H and O–H groups in total. The van der Waals surface area contributed by atoms with Gasteiger partial charge in [-0.15, -0.1) is 0 Å².